The van der Waals surface area contributed by atoms with E-state index < -0.39 is 10.9 Å². The molecule has 0 saturated heterocycles. The van der Waals surface area contributed by atoms with E-state index in [0.29, 0.717) is 4.73 Å². The number of aromatic nitrogens is 1. The maximum absolute atomic E-state index is 11.8. The molecule has 1 aromatic carbocycles. The predicted octanol–water partition coefficient (Wildman–Crippen LogP) is 1.62. The van der Waals surface area contributed by atoms with E-state index in [1.807, 2.05) is 0 Å². The first-order valence-electron chi connectivity index (χ1n) is 5.02. The Balaban J connectivity index is 2.66. The number of fused-ring (bicyclic) bond motifs is 1. The second-order valence-corrected chi connectivity index (χ2v) is 4.30. The Morgan fingerprint density at radius 1 is 1.56 bits per heavy atom. The van der Waals surface area contributed by atoms with Gasteiger partial charge in [-0.05, 0) is 24.3 Å². The number of thiazole rings is 1. The fourth-order valence-corrected chi connectivity index (χ4v) is 2.51. The van der Waals surface area contributed by atoms with Gasteiger partial charge < -0.3 is 9.94 Å². The summed E-state index contributed by atoms with van der Waals surface area (Å²) in [5.41, 5.74) is -0.102. The van der Waals surface area contributed by atoms with Crippen molar-refractivity contribution in [2.24, 2.45) is 0 Å². The standard InChI is InChI=1S/C10H8N2O5S/c1-2-17-10(13)9-11(14)6-4-3-5-7(12(15)16)8(6)18-9/h3-5H,2H2,1H3. The number of hydrogen-bond donors (Lipinski definition) is 0. The van der Waals surface area contributed by atoms with Crippen molar-refractivity contribution in [3.05, 3.63) is 38.5 Å². The van der Waals surface area contributed by atoms with Crippen molar-refractivity contribution in [1.82, 2.24) is 0 Å². The van der Waals surface area contributed by atoms with Gasteiger partial charge in [-0.15, -0.1) is 4.73 Å². The molecule has 2 aromatic rings. The van der Waals surface area contributed by atoms with Crippen molar-refractivity contribution in [3.63, 3.8) is 0 Å². The molecule has 0 fully saturated rings. The Hall–Kier alpha value is -2.22. The number of nitrogens with zero attached hydrogens (tertiary/aromatic N) is 2. The summed E-state index contributed by atoms with van der Waals surface area (Å²) in [5.74, 6) is -0.775. The van der Waals surface area contributed by atoms with Crippen LogP contribution < -0.4 is 4.73 Å². The lowest BCUT2D eigenvalue weighted by atomic mass is 10.3. The van der Waals surface area contributed by atoms with Gasteiger partial charge in [0.1, 0.15) is 0 Å². The summed E-state index contributed by atoms with van der Waals surface area (Å²) >= 11 is 0.761. The number of non-ortho nitro benzene ring substituents is 1. The number of carbonyl (C=O) groups excluding carboxylic acids is 1. The molecule has 7 nitrogen and oxygen atoms in total. The molecule has 8 heteroatoms. The number of hydrogen-bond acceptors (Lipinski definition) is 6. The first-order chi connectivity index (χ1) is 8.56. The Morgan fingerprint density at radius 3 is 2.89 bits per heavy atom. The SMILES string of the molecule is CCOC(=O)c1sc2c([N+](=O)[O-])cccc2[n+]1[O-]. The first-order valence-corrected chi connectivity index (χ1v) is 5.84. The molecule has 0 unspecified atom stereocenters. The zero-order valence-corrected chi connectivity index (χ0v) is 10.1. The maximum atomic E-state index is 11.8. The molecular weight excluding hydrogens is 260 g/mol. The van der Waals surface area contributed by atoms with Gasteiger partial charge in [0, 0.05) is 12.1 Å². The summed E-state index contributed by atoms with van der Waals surface area (Å²) < 4.78 is 5.25. The van der Waals surface area contributed by atoms with Gasteiger partial charge in [0.2, 0.25) is 5.52 Å². The molecule has 0 radical (unpaired) electrons. The topological polar surface area (TPSA) is 96.4 Å². The van der Waals surface area contributed by atoms with Gasteiger partial charge in [0.05, 0.1) is 11.5 Å². The third-order valence-electron chi connectivity index (χ3n) is 2.22. The number of carbonyl (C=O) groups is 1. The highest BCUT2D eigenvalue weighted by atomic mass is 32.1. The zero-order valence-electron chi connectivity index (χ0n) is 9.28. The number of ether oxygens (including phenoxy) is 1. The highest BCUT2D eigenvalue weighted by Gasteiger charge is 2.28. The fraction of sp³-hybridized carbons (Fsp3) is 0.200. The van der Waals surface area contributed by atoms with Crippen molar-refractivity contribution in [2.45, 2.75) is 6.92 Å². The third-order valence-corrected chi connectivity index (χ3v) is 3.37. The van der Waals surface area contributed by atoms with E-state index in [0.717, 1.165) is 11.3 Å². The molecule has 0 amide bonds. The third kappa shape index (κ3) is 1.86. The molecule has 1 heterocycles. The lowest BCUT2D eigenvalue weighted by Crippen LogP contribution is -2.32. The number of benzene rings is 1. The Morgan fingerprint density at radius 2 is 2.28 bits per heavy atom. The number of esters is 1. The summed E-state index contributed by atoms with van der Waals surface area (Å²) in [6, 6.07) is 4.11. The lowest BCUT2D eigenvalue weighted by Gasteiger charge is -1.98. The van der Waals surface area contributed by atoms with E-state index in [-0.39, 0.29) is 27.5 Å². The van der Waals surface area contributed by atoms with E-state index in [4.69, 9.17) is 4.74 Å². The van der Waals surface area contributed by atoms with E-state index in [2.05, 4.69) is 0 Å². The molecule has 0 aliphatic carbocycles. The maximum Gasteiger partial charge on any atom is 0.416 e. The number of rotatable bonds is 3. The Labute approximate surface area is 105 Å². The van der Waals surface area contributed by atoms with E-state index in [9.17, 15) is 20.1 Å². The van der Waals surface area contributed by atoms with Crippen molar-refractivity contribution in [1.29, 1.82) is 0 Å². The average Bonchev–Trinajstić information content (AvgIpc) is 2.67. The highest BCUT2D eigenvalue weighted by molar-refractivity contribution is 7.20. The van der Waals surface area contributed by atoms with Crippen molar-refractivity contribution < 1.29 is 19.2 Å². The summed E-state index contributed by atoms with van der Waals surface area (Å²) in [5, 5.41) is 22.4. The molecule has 2 rings (SSSR count). The molecule has 0 spiro atoms. The second kappa shape index (κ2) is 4.57. The van der Waals surface area contributed by atoms with Crippen molar-refractivity contribution >= 4 is 33.2 Å². The lowest BCUT2D eigenvalue weighted by molar-refractivity contribution is -0.575. The molecule has 18 heavy (non-hydrogen) atoms. The van der Waals surface area contributed by atoms with E-state index >= 15 is 0 Å². The zero-order chi connectivity index (χ0) is 13.3. The van der Waals surface area contributed by atoms with Gasteiger partial charge in [-0.25, -0.2) is 4.79 Å². The quantitative estimate of drug-likeness (QED) is 0.277. The van der Waals surface area contributed by atoms with Crippen LogP contribution in [0.1, 0.15) is 16.7 Å². The van der Waals surface area contributed by atoms with Crippen LogP contribution in [0.25, 0.3) is 10.2 Å². The first kappa shape index (κ1) is 12.2. The molecule has 0 aliphatic heterocycles. The van der Waals surface area contributed by atoms with Crippen LogP contribution in [0.15, 0.2) is 18.2 Å². The minimum absolute atomic E-state index is 0.0947. The van der Waals surface area contributed by atoms with Gasteiger partial charge in [-0.2, -0.15) is 0 Å². The summed E-state index contributed by atoms with van der Waals surface area (Å²) in [6.07, 6.45) is 0. The van der Waals surface area contributed by atoms with Crippen LogP contribution in [-0.2, 0) is 4.74 Å². The minimum Gasteiger partial charge on any atom is -0.617 e. The highest BCUT2D eigenvalue weighted by Crippen LogP contribution is 2.29. The smallest absolute Gasteiger partial charge is 0.416 e. The van der Waals surface area contributed by atoms with Crippen LogP contribution in [-0.4, -0.2) is 17.5 Å². The predicted molar refractivity (Wildman–Crippen MR) is 63.4 cm³/mol. The van der Waals surface area contributed by atoms with Gasteiger partial charge in [-0.1, -0.05) is 0 Å². The van der Waals surface area contributed by atoms with Crippen LogP contribution in [0.2, 0.25) is 0 Å². The van der Waals surface area contributed by atoms with Gasteiger partial charge >= 0.3 is 11.0 Å². The monoisotopic (exact) mass is 268 g/mol. The second-order valence-electron chi connectivity index (χ2n) is 3.30. The molecular formula is C10H8N2O5S. The molecule has 0 N–H and O–H groups in total. The van der Waals surface area contributed by atoms with E-state index in [1.165, 1.54) is 18.2 Å². The molecule has 0 atom stereocenters. The molecule has 1 aromatic heterocycles. The number of nitro benzene ring substituents is 1. The fourth-order valence-electron chi connectivity index (χ4n) is 1.49. The largest absolute Gasteiger partial charge is 0.617 e. The number of nitro groups is 1. The molecule has 0 bridgehead atoms. The minimum atomic E-state index is -0.775. The average molecular weight is 268 g/mol. The summed E-state index contributed by atoms with van der Waals surface area (Å²) in [7, 11) is 0. The van der Waals surface area contributed by atoms with Crippen LogP contribution in [0, 0.1) is 15.3 Å². The van der Waals surface area contributed by atoms with Gasteiger partial charge in [0.25, 0.3) is 5.69 Å². The van der Waals surface area contributed by atoms with Crippen LogP contribution in [0.4, 0.5) is 5.69 Å². The van der Waals surface area contributed by atoms with Crippen molar-refractivity contribution in [3.8, 4) is 0 Å². The normalized spacial score (nSPS) is 10.5. The summed E-state index contributed by atoms with van der Waals surface area (Å²) in [6.45, 7) is 1.75. The van der Waals surface area contributed by atoms with Gasteiger partial charge in [-0.3, -0.25) is 10.1 Å². The summed E-state index contributed by atoms with van der Waals surface area (Å²) in [4.78, 5) is 21.7. The Bertz CT molecular complexity index is 636. The van der Waals surface area contributed by atoms with E-state index in [1.54, 1.807) is 6.92 Å². The molecule has 0 saturated carbocycles. The van der Waals surface area contributed by atoms with Gasteiger partial charge in [0.15, 0.2) is 4.70 Å². The van der Waals surface area contributed by atoms with Crippen LogP contribution >= 0.6 is 11.3 Å². The molecule has 0 aliphatic rings. The molecule has 94 valence electrons. The van der Waals surface area contributed by atoms with Crippen molar-refractivity contribution in [2.75, 3.05) is 6.61 Å². The van der Waals surface area contributed by atoms with Crippen LogP contribution in [0.5, 0.6) is 0 Å². The van der Waals surface area contributed by atoms with Crippen LogP contribution in [0.3, 0.4) is 0 Å². The Kier molecular flexibility index (Phi) is 3.11.